The highest BCUT2D eigenvalue weighted by molar-refractivity contribution is 7.13. The zero-order valence-corrected chi connectivity index (χ0v) is 15.7. The summed E-state index contributed by atoms with van der Waals surface area (Å²) in [6.07, 6.45) is 0. The Morgan fingerprint density at radius 2 is 1.89 bits per heavy atom. The Hall–Kier alpha value is -3.26. The summed E-state index contributed by atoms with van der Waals surface area (Å²) >= 11 is 1.55. The van der Waals surface area contributed by atoms with Crippen molar-refractivity contribution >= 4 is 11.3 Å². The van der Waals surface area contributed by atoms with Gasteiger partial charge in [0, 0.05) is 17.0 Å². The quantitative estimate of drug-likeness (QED) is 0.510. The maximum Gasteiger partial charge on any atom is 0.204 e. The first-order valence-corrected chi connectivity index (χ1v) is 9.15. The van der Waals surface area contributed by atoms with Crippen LogP contribution in [-0.4, -0.2) is 39.4 Å². The summed E-state index contributed by atoms with van der Waals surface area (Å²) < 4.78 is 10.7. The van der Waals surface area contributed by atoms with Gasteiger partial charge in [-0.1, -0.05) is 30.3 Å². The van der Waals surface area contributed by atoms with Crippen LogP contribution in [0.3, 0.4) is 0 Å². The lowest BCUT2D eigenvalue weighted by Gasteiger charge is -2.08. The molecule has 7 nitrogen and oxygen atoms in total. The fourth-order valence-electron chi connectivity index (χ4n) is 2.64. The minimum Gasteiger partial charge on any atom is -0.497 e. The molecule has 136 valence electrons. The van der Waals surface area contributed by atoms with Crippen LogP contribution in [0.1, 0.15) is 5.69 Å². The SMILES string of the molecule is COc1ccc(-c2nc(Cn3nnc(-c4ccccc4)n3)cs2)c(OC)c1. The number of methoxy groups -OCH3 is 2. The number of hydrogen-bond donors (Lipinski definition) is 0. The Kier molecular flexibility index (Phi) is 4.80. The van der Waals surface area contributed by atoms with Crippen molar-refractivity contribution in [2.75, 3.05) is 14.2 Å². The van der Waals surface area contributed by atoms with Crippen molar-refractivity contribution in [2.45, 2.75) is 6.54 Å². The molecule has 0 spiro atoms. The minimum absolute atomic E-state index is 0.453. The standard InChI is InChI=1S/C19H17N5O2S/c1-25-15-8-9-16(17(10-15)26-2)19-20-14(12-27-19)11-24-22-18(21-23-24)13-6-4-3-5-7-13/h3-10,12H,11H2,1-2H3. The van der Waals surface area contributed by atoms with Gasteiger partial charge in [0.2, 0.25) is 5.82 Å². The first-order valence-electron chi connectivity index (χ1n) is 8.27. The van der Waals surface area contributed by atoms with E-state index in [1.165, 1.54) is 0 Å². The monoisotopic (exact) mass is 379 g/mol. The van der Waals surface area contributed by atoms with Gasteiger partial charge in [-0.05, 0) is 17.3 Å². The predicted octanol–water partition coefficient (Wildman–Crippen LogP) is 3.53. The van der Waals surface area contributed by atoms with Crippen molar-refractivity contribution in [1.29, 1.82) is 0 Å². The highest BCUT2D eigenvalue weighted by Gasteiger charge is 2.13. The van der Waals surface area contributed by atoms with E-state index in [0.717, 1.165) is 33.3 Å². The third kappa shape index (κ3) is 3.65. The Morgan fingerprint density at radius 3 is 2.67 bits per heavy atom. The Balaban J connectivity index is 1.55. The molecule has 2 aromatic carbocycles. The molecule has 4 aromatic rings. The predicted molar refractivity (Wildman–Crippen MR) is 103 cm³/mol. The molecule has 0 aliphatic heterocycles. The topological polar surface area (TPSA) is 75.0 Å². The average molecular weight is 379 g/mol. The van der Waals surface area contributed by atoms with Crippen molar-refractivity contribution in [1.82, 2.24) is 25.2 Å². The summed E-state index contributed by atoms with van der Waals surface area (Å²) in [5.74, 6) is 2.07. The fraction of sp³-hybridized carbons (Fsp3) is 0.158. The van der Waals surface area contributed by atoms with Gasteiger partial charge in [0.1, 0.15) is 23.1 Å². The van der Waals surface area contributed by atoms with Gasteiger partial charge >= 0.3 is 0 Å². The van der Waals surface area contributed by atoms with E-state index in [1.54, 1.807) is 30.4 Å². The average Bonchev–Trinajstić information content (AvgIpc) is 3.38. The maximum atomic E-state index is 5.47. The summed E-state index contributed by atoms with van der Waals surface area (Å²) in [4.78, 5) is 6.24. The summed E-state index contributed by atoms with van der Waals surface area (Å²) in [6, 6.07) is 15.5. The molecule has 0 radical (unpaired) electrons. The minimum atomic E-state index is 0.453. The van der Waals surface area contributed by atoms with Gasteiger partial charge < -0.3 is 9.47 Å². The first-order chi connectivity index (χ1) is 13.3. The van der Waals surface area contributed by atoms with E-state index in [2.05, 4.69) is 15.4 Å². The first kappa shape index (κ1) is 17.2. The van der Waals surface area contributed by atoms with Gasteiger partial charge in [-0.15, -0.1) is 21.5 Å². The van der Waals surface area contributed by atoms with E-state index < -0.39 is 0 Å². The van der Waals surface area contributed by atoms with Crippen molar-refractivity contribution in [2.24, 2.45) is 0 Å². The molecular formula is C19H17N5O2S. The van der Waals surface area contributed by atoms with Gasteiger partial charge in [-0.3, -0.25) is 0 Å². The van der Waals surface area contributed by atoms with Gasteiger partial charge in [0.15, 0.2) is 0 Å². The molecule has 0 atom stereocenters. The summed E-state index contributed by atoms with van der Waals surface area (Å²) in [5.41, 5.74) is 2.72. The molecular weight excluding hydrogens is 362 g/mol. The highest BCUT2D eigenvalue weighted by Crippen LogP contribution is 2.35. The Labute approximate surface area is 160 Å². The lowest BCUT2D eigenvalue weighted by molar-refractivity contribution is 0.395. The number of benzene rings is 2. The van der Waals surface area contributed by atoms with Crippen LogP contribution in [-0.2, 0) is 6.54 Å². The Bertz CT molecular complexity index is 1050. The number of aromatic nitrogens is 5. The van der Waals surface area contributed by atoms with Crippen molar-refractivity contribution < 1.29 is 9.47 Å². The van der Waals surface area contributed by atoms with E-state index >= 15 is 0 Å². The van der Waals surface area contributed by atoms with Gasteiger partial charge in [-0.25, -0.2) is 4.98 Å². The molecule has 2 aromatic heterocycles. The highest BCUT2D eigenvalue weighted by atomic mass is 32.1. The van der Waals surface area contributed by atoms with E-state index in [9.17, 15) is 0 Å². The zero-order valence-electron chi connectivity index (χ0n) is 14.9. The van der Waals surface area contributed by atoms with E-state index in [4.69, 9.17) is 14.5 Å². The van der Waals surface area contributed by atoms with Gasteiger partial charge in [-0.2, -0.15) is 4.80 Å². The summed E-state index contributed by atoms with van der Waals surface area (Å²) in [5, 5.41) is 15.5. The van der Waals surface area contributed by atoms with E-state index in [0.29, 0.717) is 12.4 Å². The molecule has 0 amide bonds. The summed E-state index contributed by atoms with van der Waals surface area (Å²) in [6.45, 7) is 0.453. The third-order valence-corrected chi connectivity index (χ3v) is 4.90. The normalized spacial score (nSPS) is 10.7. The number of ether oxygens (including phenoxy) is 2. The van der Waals surface area contributed by atoms with Crippen molar-refractivity contribution in [3.8, 4) is 33.5 Å². The largest absolute Gasteiger partial charge is 0.497 e. The molecule has 4 rings (SSSR count). The van der Waals surface area contributed by atoms with Crippen LogP contribution >= 0.6 is 11.3 Å². The number of tetrazole rings is 1. The fourth-order valence-corrected chi connectivity index (χ4v) is 3.48. The molecule has 27 heavy (non-hydrogen) atoms. The van der Waals surface area contributed by atoms with E-state index in [-0.39, 0.29) is 0 Å². The van der Waals surface area contributed by atoms with Gasteiger partial charge in [0.05, 0.1) is 25.5 Å². The molecule has 2 heterocycles. The molecule has 8 heteroatoms. The molecule has 0 unspecified atom stereocenters. The third-order valence-electron chi connectivity index (χ3n) is 3.98. The zero-order chi connectivity index (χ0) is 18.6. The van der Waals surface area contributed by atoms with Crippen LogP contribution < -0.4 is 9.47 Å². The molecule has 0 bridgehead atoms. The van der Waals surface area contributed by atoms with Crippen LogP contribution in [0.4, 0.5) is 0 Å². The van der Waals surface area contributed by atoms with E-state index in [1.807, 2.05) is 53.9 Å². The van der Waals surface area contributed by atoms with Crippen molar-refractivity contribution in [3.05, 3.63) is 59.6 Å². The Morgan fingerprint density at radius 1 is 1.04 bits per heavy atom. The van der Waals surface area contributed by atoms with Crippen LogP contribution in [0.15, 0.2) is 53.9 Å². The summed E-state index contributed by atoms with van der Waals surface area (Å²) in [7, 11) is 3.27. The van der Waals surface area contributed by atoms with Crippen LogP contribution in [0.25, 0.3) is 22.0 Å². The molecule has 0 aliphatic rings. The number of hydrogen-bond acceptors (Lipinski definition) is 7. The van der Waals surface area contributed by atoms with Crippen LogP contribution in [0.2, 0.25) is 0 Å². The smallest absolute Gasteiger partial charge is 0.204 e. The molecule has 0 N–H and O–H groups in total. The van der Waals surface area contributed by atoms with Crippen molar-refractivity contribution in [3.63, 3.8) is 0 Å². The molecule has 0 aliphatic carbocycles. The van der Waals surface area contributed by atoms with Gasteiger partial charge in [0.25, 0.3) is 0 Å². The van der Waals surface area contributed by atoms with Crippen LogP contribution in [0, 0.1) is 0 Å². The molecule has 0 saturated carbocycles. The number of thiazole rings is 1. The second kappa shape index (κ2) is 7.55. The van der Waals surface area contributed by atoms with Crippen LogP contribution in [0.5, 0.6) is 11.5 Å². The number of rotatable bonds is 6. The lowest BCUT2D eigenvalue weighted by Crippen LogP contribution is -2.04. The second-order valence-corrected chi connectivity index (χ2v) is 6.58. The second-order valence-electron chi connectivity index (χ2n) is 5.72. The number of nitrogens with zero attached hydrogens (tertiary/aromatic N) is 5. The maximum absolute atomic E-state index is 5.47. The molecule has 0 saturated heterocycles. The lowest BCUT2D eigenvalue weighted by atomic mass is 10.2. The molecule has 0 fully saturated rings.